The van der Waals surface area contributed by atoms with Gasteiger partial charge in [-0.2, -0.15) is 0 Å². The first-order chi connectivity index (χ1) is 7.29. The molecule has 0 saturated carbocycles. The molecule has 3 N–H and O–H groups in total. The summed E-state index contributed by atoms with van der Waals surface area (Å²) in [4.78, 5) is 0. The van der Waals surface area contributed by atoms with Gasteiger partial charge in [-0.15, -0.1) is 0 Å². The summed E-state index contributed by atoms with van der Waals surface area (Å²) in [6.45, 7) is 1.71. The van der Waals surface area contributed by atoms with Crippen molar-refractivity contribution in [2.45, 2.75) is 13.0 Å². The highest BCUT2D eigenvalue weighted by molar-refractivity contribution is 7.88. The van der Waals surface area contributed by atoms with Gasteiger partial charge in [0.25, 0.3) is 0 Å². The third-order valence-corrected chi connectivity index (χ3v) is 2.91. The number of sulfonamides is 1. The second kappa shape index (κ2) is 4.96. The van der Waals surface area contributed by atoms with E-state index in [0.29, 0.717) is 5.46 Å². The molecule has 0 aliphatic rings. The van der Waals surface area contributed by atoms with Gasteiger partial charge >= 0.3 is 7.12 Å². The number of benzene rings is 1. The molecule has 0 aliphatic heterocycles. The SMILES string of the molecule is C[C@H](NS(C)(=O)=O)c1ccc(B(O)O)cc1. The molecule has 88 valence electrons. The molecule has 0 bridgehead atoms. The van der Waals surface area contributed by atoms with Crippen LogP contribution in [0.25, 0.3) is 0 Å². The lowest BCUT2D eigenvalue weighted by Gasteiger charge is -2.12. The minimum atomic E-state index is -3.25. The van der Waals surface area contributed by atoms with Gasteiger partial charge in [-0.3, -0.25) is 0 Å². The van der Waals surface area contributed by atoms with E-state index in [1.54, 1.807) is 31.2 Å². The number of hydrogen-bond donors (Lipinski definition) is 3. The van der Waals surface area contributed by atoms with Crippen LogP contribution in [0.3, 0.4) is 0 Å². The van der Waals surface area contributed by atoms with Crippen molar-refractivity contribution in [3.8, 4) is 0 Å². The van der Waals surface area contributed by atoms with Gasteiger partial charge in [-0.05, 0) is 17.9 Å². The average Bonchev–Trinajstić information content (AvgIpc) is 2.15. The number of rotatable bonds is 4. The van der Waals surface area contributed by atoms with Crippen molar-refractivity contribution in [3.63, 3.8) is 0 Å². The van der Waals surface area contributed by atoms with E-state index in [4.69, 9.17) is 10.0 Å². The van der Waals surface area contributed by atoms with Crippen molar-refractivity contribution < 1.29 is 18.5 Å². The van der Waals surface area contributed by atoms with E-state index in [1.165, 1.54) is 0 Å². The molecule has 0 radical (unpaired) electrons. The molecule has 0 fully saturated rings. The third-order valence-electron chi connectivity index (χ3n) is 2.13. The van der Waals surface area contributed by atoms with Crippen molar-refractivity contribution in [2.24, 2.45) is 0 Å². The summed E-state index contributed by atoms with van der Waals surface area (Å²) in [5.41, 5.74) is 1.13. The van der Waals surface area contributed by atoms with E-state index in [-0.39, 0.29) is 6.04 Å². The summed E-state index contributed by atoms with van der Waals surface area (Å²) in [5, 5.41) is 17.8. The Hall–Kier alpha value is -0.885. The molecule has 0 amide bonds. The molecule has 16 heavy (non-hydrogen) atoms. The van der Waals surface area contributed by atoms with E-state index in [0.717, 1.165) is 11.8 Å². The summed E-state index contributed by atoms with van der Waals surface area (Å²) < 4.78 is 24.4. The second-order valence-electron chi connectivity index (χ2n) is 3.65. The van der Waals surface area contributed by atoms with Gasteiger partial charge in [0.2, 0.25) is 10.0 Å². The van der Waals surface area contributed by atoms with Crippen LogP contribution in [0, 0.1) is 0 Å². The van der Waals surface area contributed by atoms with E-state index in [1.807, 2.05) is 0 Å². The molecule has 0 heterocycles. The van der Waals surface area contributed by atoms with Crippen LogP contribution in [0.2, 0.25) is 0 Å². The Balaban J connectivity index is 2.82. The third kappa shape index (κ3) is 3.94. The molecular formula is C9H14BNO4S. The maximum absolute atomic E-state index is 11.0. The van der Waals surface area contributed by atoms with Crippen LogP contribution in [0.15, 0.2) is 24.3 Å². The van der Waals surface area contributed by atoms with Crippen LogP contribution in [0.1, 0.15) is 18.5 Å². The van der Waals surface area contributed by atoms with E-state index < -0.39 is 17.1 Å². The van der Waals surface area contributed by atoms with Gasteiger partial charge in [0.05, 0.1) is 6.26 Å². The first kappa shape index (κ1) is 13.2. The van der Waals surface area contributed by atoms with Crippen LogP contribution in [0.4, 0.5) is 0 Å². The van der Waals surface area contributed by atoms with Crippen LogP contribution in [-0.4, -0.2) is 31.8 Å². The fourth-order valence-electron chi connectivity index (χ4n) is 1.35. The second-order valence-corrected chi connectivity index (χ2v) is 5.43. The molecular weight excluding hydrogens is 229 g/mol. The monoisotopic (exact) mass is 243 g/mol. The van der Waals surface area contributed by atoms with Gasteiger partial charge in [-0.1, -0.05) is 24.3 Å². The van der Waals surface area contributed by atoms with Crippen LogP contribution in [0.5, 0.6) is 0 Å². The Labute approximate surface area is 95.3 Å². The Morgan fingerprint density at radius 2 is 1.75 bits per heavy atom. The lowest BCUT2D eigenvalue weighted by atomic mass is 9.80. The highest BCUT2D eigenvalue weighted by Gasteiger charge is 2.13. The Kier molecular flexibility index (Phi) is 4.09. The summed E-state index contributed by atoms with van der Waals surface area (Å²) in [6, 6.07) is 6.04. The van der Waals surface area contributed by atoms with Crippen molar-refractivity contribution in [1.82, 2.24) is 4.72 Å². The Morgan fingerprint density at radius 3 is 2.12 bits per heavy atom. The molecule has 1 atom stereocenters. The molecule has 5 nitrogen and oxygen atoms in total. The van der Waals surface area contributed by atoms with Crippen LogP contribution in [-0.2, 0) is 10.0 Å². The van der Waals surface area contributed by atoms with Crippen molar-refractivity contribution in [3.05, 3.63) is 29.8 Å². The smallest absolute Gasteiger partial charge is 0.423 e. The molecule has 0 aliphatic carbocycles. The number of nitrogens with one attached hydrogen (secondary N) is 1. The summed E-state index contributed by atoms with van der Waals surface area (Å²) in [7, 11) is -4.75. The van der Waals surface area contributed by atoms with Crippen molar-refractivity contribution in [2.75, 3.05) is 6.26 Å². The van der Waals surface area contributed by atoms with E-state index in [2.05, 4.69) is 4.72 Å². The van der Waals surface area contributed by atoms with Gasteiger partial charge in [0.1, 0.15) is 0 Å². The first-order valence-corrected chi connectivity index (χ1v) is 6.62. The fourth-order valence-corrected chi connectivity index (χ4v) is 2.12. The fraction of sp³-hybridized carbons (Fsp3) is 0.333. The number of hydrogen-bond acceptors (Lipinski definition) is 4. The van der Waals surface area contributed by atoms with Gasteiger partial charge < -0.3 is 10.0 Å². The minimum Gasteiger partial charge on any atom is -0.423 e. The molecule has 0 spiro atoms. The molecule has 0 aromatic heterocycles. The standard InChI is InChI=1S/C9H14BNO4S/c1-7(11-16(2,14)15)8-3-5-9(6-4-8)10(12)13/h3-7,11-13H,1-2H3/t7-/m0/s1. The van der Waals surface area contributed by atoms with E-state index in [9.17, 15) is 8.42 Å². The zero-order valence-corrected chi connectivity index (χ0v) is 9.90. The largest absolute Gasteiger partial charge is 0.488 e. The molecule has 1 rings (SSSR count). The lowest BCUT2D eigenvalue weighted by molar-refractivity contribution is 0.425. The van der Waals surface area contributed by atoms with Gasteiger partial charge in [-0.25, -0.2) is 13.1 Å². The van der Waals surface area contributed by atoms with Gasteiger partial charge in [0.15, 0.2) is 0 Å². The zero-order valence-electron chi connectivity index (χ0n) is 9.08. The topological polar surface area (TPSA) is 86.6 Å². The summed E-state index contributed by atoms with van der Waals surface area (Å²) in [6.07, 6.45) is 1.09. The maximum atomic E-state index is 11.0. The lowest BCUT2D eigenvalue weighted by Crippen LogP contribution is -2.30. The van der Waals surface area contributed by atoms with Gasteiger partial charge in [0, 0.05) is 6.04 Å². The predicted molar refractivity (Wildman–Crippen MR) is 62.7 cm³/mol. The first-order valence-electron chi connectivity index (χ1n) is 4.73. The summed E-state index contributed by atoms with van der Waals surface area (Å²) in [5.74, 6) is 0. The molecule has 0 unspecified atom stereocenters. The highest BCUT2D eigenvalue weighted by atomic mass is 32.2. The average molecular weight is 243 g/mol. The molecule has 7 heteroatoms. The minimum absolute atomic E-state index is 0.347. The Bertz CT molecular complexity index is 443. The van der Waals surface area contributed by atoms with Crippen LogP contribution >= 0.6 is 0 Å². The molecule has 1 aromatic rings. The molecule has 0 saturated heterocycles. The highest BCUT2D eigenvalue weighted by Crippen LogP contribution is 2.11. The van der Waals surface area contributed by atoms with E-state index >= 15 is 0 Å². The predicted octanol–water partition coefficient (Wildman–Crippen LogP) is -1.02. The molecule has 1 aromatic carbocycles. The normalized spacial score (nSPS) is 13.5. The maximum Gasteiger partial charge on any atom is 0.488 e. The zero-order chi connectivity index (χ0) is 12.3. The van der Waals surface area contributed by atoms with Crippen molar-refractivity contribution >= 4 is 22.6 Å². The van der Waals surface area contributed by atoms with Crippen molar-refractivity contribution in [1.29, 1.82) is 0 Å². The Morgan fingerprint density at radius 1 is 1.25 bits per heavy atom. The quantitative estimate of drug-likeness (QED) is 0.590. The summed E-state index contributed by atoms with van der Waals surface area (Å²) >= 11 is 0. The van der Waals surface area contributed by atoms with Crippen LogP contribution < -0.4 is 10.2 Å².